The fraction of sp³-hybridized carbons (Fsp3) is 0. The van der Waals surface area contributed by atoms with Gasteiger partial charge in [-0.2, -0.15) is 0 Å². The predicted molar refractivity (Wildman–Crippen MR) is 36.2 cm³/mol. The Morgan fingerprint density at radius 1 is 1.50 bits per heavy atom. The molecule has 1 radical (unpaired) electrons. The molecule has 49 valence electrons. The Bertz CT molecular complexity index is 355. The molecule has 0 amide bonds. The van der Waals surface area contributed by atoms with Crippen LogP contribution in [0, 0.1) is 0 Å². The van der Waals surface area contributed by atoms with Gasteiger partial charge in [0.1, 0.15) is 0 Å². The average molecular weight is 198 g/mol. The van der Waals surface area contributed by atoms with Crippen molar-refractivity contribution < 1.29 is 0 Å². The second-order valence-electron chi connectivity index (χ2n) is 1.79. The fourth-order valence-corrected chi connectivity index (χ4v) is 1.17. The summed E-state index contributed by atoms with van der Waals surface area (Å²) in [6, 6.07) is 0. The Morgan fingerprint density at radius 3 is 3.20 bits per heavy atom. The van der Waals surface area contributed by atoms with Gasteiger partial charge in [-0.05, 0) is 0 Å². The number of fused-ring (bicyclic) bond motifs is 1. The zero-order valence-corrected chi connectivity index (χ0v) is 6.64. The molecule has 0 fully saturated rings. The van der Waals surface area contributed by atoms with Crippen molar-refractivity contribution in [1.82, 2.24) is 19.6 Å². The average Bonchev–Trinajstić information content (AvgIpc) is 2.36. The van der Waals surface area contributed by atoms with Crippen LogP contribution in [0.3, 0.4) is 0 Å². The first-order chi connectivity index (χ1) is 4.88. The van der Waals surface area contributed by atoms with Gasteiger partial charge in [0.2, 0.25) is 0 Å². The van der Waals surface area contributed by atoms with Crippen molar-refractivity contribution >= 4 is 26.3 Å². The Labute approximate surface area is 65.1 Å². The van der Waals surface area contributed by atoms with E-state index in [4.69, 9.17) is 0 Å². The summed E-state index contributed by atoms with van der Waals surface area (Å²) in [6.45, 7) is 0. The van der Waals surface area contributed by atoms with E-state index in [9.17, 15) is 0 Å². The van der Waals surface area contributed by atoms with Gasteiger partial charge in [0.15, 0.2) is 0 Å². The second-order valence-corrected chi connectivity index (χ2v) is 2.61. The number of rotatable bonds is 0. The van der Waals surface area contributed by atoms with Crippen molar-refractivity contribution in [1.29, 1.82) is 0 Å². The molecule has 0 aromatic carbocycles. The molecular formula is C5H3N4Se. The van der Waals surface area contributed by atoms with E-state index in [1.807, 2.05) is 0 Å². The summed E-state index contributed by atoms with van der Waals surface area (Å²) in [4.78, 5) is 4.00. The molecule has 2 aromatic heterocycles. The van der Waals surface area contributed by atoms with E-state index in [1.54, 1.807) is 23.1 Å². The molecule has 0 N–H and O–H groups in total. The molecule has 0 aliphatic carbocycles. The fourth-order valence-electron chi connectivity index (χ4n) is 0.735. The molecule has 2 aromatic rings. The van der Waals surface area contributed by atoms with Crippen LogP contribution in [0.25, 0.3) is 5.65 Å². The Balaban J connectivity index is 2.95. The second kappa shape index (κ2) is 2.04. The molecule has 0 aliphatic rings. The maximum atomic E-state index is 4.00. The summed E-state index contributed by atoms with van der Waals surface area (Å²) in [5.41, 5.74) is 0.766. The molecule has 0 unspecified atom stereocenters. The molecule has 0 saturated heterocycles. The quantitative estimate of drug-likeness (QED) is 0.505. The van der Waals surface area contributed by atoms with Gasteiger partial charge in [0, 0.05) is 0 Å². The van der Waals surface area contributed by atoms with Crippen molar-refractivity contribution in [3.8, 4) is 0 Å². The van der Waals surface area contributed by atoms with Crippen LogP contribution in [0.5, 0.6) is 0 Å². The minimum atomic E-state index is 0.766. The topological polar surface area (TPSA) is 43.1 Å². The van der Waals surface area contributed by atoms with Crippen molar-refractivity contribution in [2.75, 3.05) is 0 Å². The Hall–Kier alpha value is -0.931. The summed E-state index contributed by atoms with van der Waals surface area (Å²) in [7, 11) is 0. The van der Waals surface area contributed by atoms with Crippen LogP contribution in [-0.4, -0.2) is 35.6 Å². The first kappa shape index (κ1) is 5.82. The third kappa shape index (κ3) is 0.716. The van der Waals surface area contributed by atoms with Gasteiger partial charge in [-0.1, -0.05) is 0 Å². The molecule has 10 heavy (non-hydrogen) atoms. The SMILES string of the molecule is [Se]c1nccn2cnnc12. The van der Waals surface area contributed by atoms with Crippen molar-refractivity contribution in [3.05, 3.63) is 18.7 Å². The van der Waals surface area contributed by atoms with Gasteiger partial charge >= 0.3 is 64.6 Å². The first-order valence-electron chi connectivity index (χ1n) is 2.69. The first-order valence-corrected chi connectivity index (χ1v) is 3.55. The van der Waals surface area contributed by atoms with Crippen LogP contribution in [0.15, 0.2) is 18.7 Å². The van der Waals surface area contributed by atoms with Crippen LogP contribution in [0.4, 0.5) is 0 Å². The van der Waals surface area contributed by atoms with Gasteiger partial charge in [0.25, 0.3) is 0 Å². The standard InChI is InChI=1S/C5H3N4Se/c10-5-4-8-7-3-9(4)2-1-6-5/h1-3H. The molecule has 0 spiro atoms. The van der Waals surface area contributed by atoms with E-state index in [0.717, 1.165) is 10.2 Å². The monoisotopic (exact) mass is 199 g/mol. The predicted octanol–water partition coefficient (Wildman–Crippen LogP) is -1.08. The maximum absolute atomic E-state index is 4.00. The number of nitrogens with zero attached hydrogens (tertiary/aromatic N) is 4. The summed E-state index contributed by atoms with van der Waals surface area (Å²) in [6.07, 6.45) is 5.14. The van der Waals surface area contributed by atoms with Gasteiger partial charge in [0.05, 0.1) is 0 Å². The molecule has 4 nitrogen and oxygen atoms in total. The summed E-state index contributed by atoms with van der Waals surface area (Å²) < 4.78 is 2.58. The van der Waals surface area contributed by atoms with Gasteiger partial charge in [-0.15, -0.1) is 0 Å². The summed E-state index contributed by atoms with van der Waals surface area (Å²) >= 11 is 2.80. The molecule has 0 atom stereocenters. The number of hydrogen-bond acceptors (Lipinski definition) is 3. The minimum absolute atomic E-state index is 0.766. The molecule has 0 aliphatic heterocycles. The zero-order chi connectivity index (χ0) is 6.97. The summed E-state index contributed by atoms with van der Waals surface area (Å²) in [5, 5.41) is 7.55. The molecule has 5 heteroatoms. The zero-order valence-electron chi connectivity index (χ0n) is 4.93. The van der Waals surface area contributed by atoms with Crippen LogP contribution >= 0.6 is 0 Å². The van der Waals surface area contributed by atoms with Crippen LogP contribution in [0.1, 0.15) is 0 Å². The van der Waals surface area contributed by atoms with Crippen molar-refractivity contribution in [3.63, 3.8) is 0 Å². The Kier molecular flexibility index (Phi) is 1.19. The van der Waals surface area contributed by atoms with Crippen LogP contribution in [0.2, 0.25) is 0 Å². The van der Waals surface area contributed by atoms with E-state index >= 15 is 0 Å². The molecule has 0 bridgehead atoms. The Morgan fingerprint density at radius 2 is 2.40 bits per heavy atom. The van der Waals surface area contributed by atoms with Gasteiger partial charge in [-0.3, -0.25) is 0 Å². The molecule has 2 rings (SSSR count). The van der Waals surface area contributed by atoms with Crippen molar-refractivity contribution in [2.45, 2.75) is 0 Å². The van der Waals surface area contributed by atoms with Gasteiger partial charge < -0.3 is 0 Å². The molecule has 2 heterocycles. The van der Waals surface area contributed by atoms with Crippen LogP contribution in [-0.2, 0) is 0 Å². The normalized spacial score (nSPS) is 10.4. The van der Waals surface area contributed by atoms with Gasteiger partial charge in [-0.25, -0.2) is 0 Å². The summed E-state index contributed by atoms with van der Waals surface area (Å²) in [5.74, 6) is 0. The van der Waals surface area contributed by atoms with E-state index in [1.165, 1.54) is 0 Å². The number of hydrogen-bond donors (Lipinski definition) is 0. The van der Waals surface area contributed by atoms with E-state index in [-0.39, 0.29) is 0 Å². The van der Waals surface area contributed by atoms with Crippen molar-refractivity contribution in [2.24, 2.45) is 0 Å². The molecular weight excluding hydrogens is 195 g/mol. The van der Waals surface area contributed by atoms with E-state index < -0.39 is 0 Å². The third-order valence-electron chi connectivity index (χ3n) is 1.18. The third-order valence-corrected chi connectivity index (χ3v) is 1.79. The number of aromatic nitrogens is 4. The molecule has 0 saturated carbocycles. The van der Waals surface area contributed by atoms with E-state index in [2.05, 4.69) is 31.2 Å². The van der Waals surface area contributed by atoms with Crippen LogP contribution < -0.4 is 4.59 Å². The van der Waals surface area contributed by atoms with E-state index in [0.29, 0.717) is 0 Å².